The summed E-state index contributed by atoms with van der Waals surface area (Å²) in [6, 6.07) is 7.25. The predicted octanol–water partition coefficient (Wildman–Crippen LogP) is 3.62. The van der Waals surface area contributed by atoms with Gasteiger partial charge in [0.1, 0.15) is 5.60 Å². The highest BCUT2D eigenvalue weighted by Gasteiger charge is 2.34. The van der Waals surface area contributed by atoms with Crippen molar-refractivity contribution in [3.63, 3.8) is 0 Å². The van der Waals surface area contributed by atoms with E-state index < -0.39 is 5.60 Å². The molecular weight excluding hydrogens is 248 g/mol. The molecule has 1 saturated carbocycles. The van der Waals surface area contributed by atoms with Crippen LogP contribution in [0.5, 0.6) is 0 Å². The quantitative estimate of drug-likeness (QED) is 0.847. The molecule has 18 heavy (non-hydrogen) atoms. The first-order valence-corrected chi connectivity index (χ1v) is 6.68. The summed E-state index contributed by atoms with van der Waals surface area (Å²) in [5.74, 6) is -0.183. The van der Waals surface area contributed by atoms with Gasteiger partial charge in [-0.25, -0.2) is 0 Å². The van der Waals surface area contributed by atoms with Gasteiger partial charge in [-0.3, -0.25) is 4.79 Å². The highest BCUT2D eigenvalue weighted by atomic mass is 35.5. The standard InChI is InChI=1S/C15H17ClO2/c16-13-7-4-12(5-8-13)6-9-14(17)15(18)10-2-1-3-11-15/h4-9,18H,1-3,10-11H2. The van der Waals surface area contributed by atoms with Crippen LogP contribution in [-0.4, -0.2) is 16.5 Å². The molecule has 0 radical (unpaired) electrons. The Balaban J connectivity index is 2.04. The zero-order valence-corrected chi connectivity index (χ0v) is 11.0. The van der Waals surface area contributed by atoms with Crippen LogP contribution >= 0.6 is 11.6 Å². The van der Waals surface area contributed by atoms with Crippen molar-refractivity contribution in [1.29, 1.82) is 0 Å². The highest BCUT2D eigenvalue weighted by Crippen LogP contribution is 2.29. The van der Waals surface area contributed by atoms with Gasteiger partial charge in [0.05, 0.1) is 0 Å². The van der Waals surface area contributed by atoms with Crippen molar-refractivity contribution in [3.05, 3.63) is 40.9 Å². The fourth-order valence-electron chi connectivity index (χ4n) is 2.28. The Labute approximate surface area is 112 Å². The minimum absolute atomic E-state index is 0.183. The first-order chi connectivity index (χ1) is 8.60. The maximum atomic E-state index is 12.0. The Bertz CT molecular complexity index is 442. The predicted molar refractivity (Wildman–Crippen MR) is 73.5 cm³/mol. The molecule has 2 nitrogen and oxygen atoms in total. The summed E-state index contributed by atoms with van der Waals surface area (Å²) in [5, 5.41) is 10.9. The van der Waals surface area contributed by atoms with E-state index in [2.05, 4.69) is 0 Å². The molecule has 0 bridgehead atoms. The smallest absolute Gasteiger partial charge is 0.187 e. The molecule has 3 heteroatoms. The van der Waals surface area contributed by atoms with Crippen LogP contribution < -0.4 is 0 Å². The summed E-state index contributed by atoms with van der Waals surface area (Å²) in [5.41, 5.74) is -0.228. The lowest BCUT2D eigenvalue weighted by Crippen LogP contribution is -2.39. The summed E-state index contributed by atoms with van der Waals surface area (Å²) in [7, 11) is 0. The van der Waals surface area contributed by atoms with Crippen LogP contribution in [0.2, 0.25) is 5.02 Å². The van der Waals surface area contributed by atoms with Crippen LogP contribution in [0.25, 0.3) is 6.08 Å². The molecule has 1 aromatic carbocycles. The van der Waals surface area contributed by atoms with Gasteiger partial charge in [0, 0.05) is 5.02 Å². The van der Waals surface area contributed by atoms with E-state index in [1.54, 1.807) is 18.2 Å². The summed E-state index contributed by atoms with van der Waals surface area (Å²) in [6.45, 7) is 0. The Morgan fingerprint density at radius 1 is 1.17 bits per heavy atom. The van der Waals surface area contributed by atoms with Crippen LogP contribution in [0.15, 0.2) is 30.3 Å². The zero-order valence-electron chi connectivity index (χ0n) is 10.2. The molecule has 0 aromatic heterocycles. The minimum Gasteiger partial charge on any atom is -0.382 e. The second-order valence-electron chi connectivity index (χ2n) is 4.84. The Kier molecular flexibility index (Phi) is 4.20. The lowest BCUT2D eigenvalue weighted by atomic mass is 9.81. The summed E-state index contributed by atoms with van der Waals surface area (Å²) >= 11 is 5.79. The first-order valence-electron chi connectivity index (χ1n) is 6.31. The second-order valence-corrected chi connectivity index (χ2v) is 5.28. The van der Waals surface area contributed by atoms with E-state index >= 15 is 0 Å². The molecule has 0 spiro atoms. The highest BCUT2D eigenvalue weighted by molar-refractivity contribution is 6.30. The van der Waals surface area contributed by atoms with E-state index in [1.807, 2.05) is 12.1 Å². The fraction of sp³-hybridized carbons (Fsp3) is 0.400. The number of carbonyl (C=O) groups excluding carboxylic acids is 1. The van der Waals surface area contributed by atoms with Gasteiger partial charge in [-0.05, 0) is 36.6 Å². The molecule has 1 aliphatic carbocycles. The lowest BCUT2D eigenvalue weighted by Gasteiger charge is -2.29. The molecule has 0 amide bonds. The molecule has 1 aliphatic rings. The third-order valence-corrected chi connectivity index (χ3v) is 3.69. The Morgan fingerprint density at radius 2 is 1.78 bits per heavy atom. The van der Waals surface area contributed by atoms with E-state index in [9.17, 15) is 9.90 Å². The molecule has 0 heterocycles. The number of carbonyl (C=O) groups is 1. The van der Waals surface area contributed by atoms with Crippen molar-refractivity contribution >= 4 is 23.5 Å². The number of ketones is 1. The van der Waals surface area contributed by atoms with Crippen molar-refractivity contribution in [2.75, 3.05) is 0 Å². The summed E-state index contributed by atoms with van der Waals surface area (Å²) in [6.07, 6.45) is 7.33. The van der Waals surface area contributed by atoms with Gasteiger partial charge in [-0.15, -0.1) is 0 Å². The first kappa shape index (κ1) is 13.3. The van der Waals surface area contributed by atoms with Crippen LogP contribution in [0.3, 0.4) is 0 Å². The van der Waals surface area contributed by atoms with Gasteiger partial charge in [0.25, 0.3) is 0 Å². The minimum atomic E-state index is -1.14. The molecule has 1 fully saturated rings. The molecule has 2 rings (SSSR count). The van der Waals surface area contributed by atoms with Crippen molar-refractivity contribution in [3.8, 4) is 0 Å². The average molecular weight is 265 g/mol. The number of halogens is 1. The lowest BCUT2D eigenvalue weighted by molar-refractivity contribution is -0.135. The van der Waals surface area contributed by atoms with Crippen molar-refractivity contribution in [1.82, 2.24) is 0 Å². The van der Waals surface area contributed by atoms with Crippen LogP contribution in [0.4, 0.5) is 0 Å². The number of aliphatic hydroxyl groups is 1. The zero-order chi connectivity index (χ0) is 13.0. The van der Waals surface area contributed by atoms with Crippen LogP contribution in [-0.2, 0) is 4.79 Å². The number of rotatable bonds is 3. The molecule has 1 aromatic rings. The van der Waals surface area contributed by atoms with Gasteiger partial charge in [0.15, 0.2) is 5.78 Å². The van der Waals surface area contributed by atoms with E-state index in [1.165, 1.54) is 6.08 Å². The fourth-order valence-corrected chi connectivity index (χ4v) is 2.41. The second kappa shape index (κ2) is 5.68. The van der Waals surface area contributed by atoms with Crippen molar-refractivity contribution in [2.24, 2.45) is 0 Å². The molecule has 1 N–H and O–H groups in total. The topological polar surface area (TPSA) is 37.3 Å². The van der Waals surface area contributed by atoms with Gasteiger partial charge in [-0.2, -0.15) is 0 Å². The summed E-state index contributed by atoms with van der Waals surface area (Å²) < 4.78 is 0. The van der Waals surface area contributed by atoms with Crippen molar-refractivity contribution in [2.45, 2.75) is 37.7 Å². The third-order valence-electron chi connectivity index (χ3n) is 3.44. The van der Waals surface area contributed by atoms with E-state index in [-0.39, 0.29) is 5.78 Å². The molecule has 0 unspecified atom stereocenters. The molecule has 96 valence electrons. The molecular formula is C15H17ClO2. The normalized spacial score (nSPS) is 19.0. The third kappa shape index (κ3) is 3.21. The van der Waals surface area contributed by atoms with E-state index in [4.69, 9.17) is 11.6 Å². The van der Waals surface area contributed by atoms with Gasteiger partial charge < -0.3 is 5.11 Å². The number of hydrogen-bond donors (Lipinski definition) is 1. The maximum Gasteiger partial charge on any atom is 0.187 e. The van der Waals surface area contributed by atoms with E-state index in [0.29, 0.717) is 17.9 Å². The van der Waals surface area contributed by atoms with Crippen molar-refractivity contribution < 1.29 is 9.90 Å². The monoisotopic (exact) mass is 264 g/mol. The SMILES string of the molecule is O=C(C=Cc1ccc(Cl)cc1)C1(O)CCCCC1. The van der Waals surface area contributed by atoms with Gasteiger partial charge in [0.2, 0.25) is 0 Å². The Hall–Kier alpha value is -1.12. The molecule has 0 saturated heterocycles. The van der Waals surface area contributed by atoms with Gasteiger partial charge >= 0.3 is 0 Å². The largest absolute Gasteiger partial charge is 0.382 e. The van der Waals surface area contributed by atoms with E-state index in [0.717, 1.165) is 24.8 Å². The molecule has 0 aliphatic heterocycles. The maximum absolute atomic E-state index is 12.0. The van der Waals surface area contributed by atoms with Crippen LogP contribution in [0, 0.1) is 0 Å². The number of hydrogen-bond acceptors (Lipinski definition) is 2. The summed E-state index contributed by atoms with van der Waals surface area (Å²) in [4.78, 5) is 12.0. The number of benzene rings is 1. The van der Waals surface area contributed by atoms with Crippen LogP contribution in [0.1, 0.15) is 37.7 Å². The molecule has 0 atom stereocenters. The van der Waals surface area contributed by atoms with Gasteiger partial charge in [-0.1, -0.05) is 49.1 Å². The average Bonchev–Trinajstić information content (AvgIpc) is 2.38. The Morgan fingerprint density at radius 3 is 2.39 bits per heavy atom.